The van der Waals surface area contributed by atoms with Gasteiger partial charge in [0.15, 0.2) is 0 Å². The Bertz CT molecular complexity index is 357. The fourth-order valence-electron chi connectivity index (χ4n) is 1.20. The Hall–Kier alpha value is -1.24. The van der Waals surface area contributed by atoms with Crippen LogP contribution in [0.4, 0.5) is 0 Å². The van der Waals surface area contributed by atoms with Gasteiger partial charge in [0.2, 0.25) is 5.91 Å². The van der Waals surface area contributed by atoms with Crippen LogP contribution in [0.3, 0.4) is 0 Å². The first-order valence-corrected chi connectivity index (χ1v) is 5.68. The van der Waals surface area contributed by atoms with E-state index in [1.165, 1.54) is 6.92 Å². The van der Waals surface area contributed by atoms with Crippen molar-refractivity contribution in [3.8, 4) is 0 Å². The number of hydrogen-bond acceptors (Lipinski definition) is 3. The minimum Gasteiger partial charge on any atom is -0.352 e. The number of carbonyl (C=O) groups is 1. The van der Waals surface area contributed by atoms with Crippen LogP contribution in [-0.4, -0.2) is 14.7 Å². The Morgan fingerprint density at radius 2 is 2.06 bits per heavy atom. The van der Waals surface area contributed by atoms with Gasteiger partial charge in [0.1, 0.15) is 0 Å². The van der Waals surface area contributed by atoms with Crippen LogP contribution < -0.4 is 5.32 Å². The van der Waals surface area contributed by atoms with E-state index in [0.29, 0.717) is 6.54 Å². The van der Waals surface area contributed by atoms with Crippen LogP contribution in [0.2, 0.25) is 0 Å². The lowest BCUT2D eigenvalue weighted by molar-refractivity contribution is -0.119. The van der Waals surface area contributed by atoms with Gasteiger partial charge < -0.3 is 5.32 Å². The second-order valence-corrected chi connectivity index (χ2v) is 3.83. The van der Waals surface area contributed by atoms with Crippen molar-refractivity contribution < 1.29 is 17.7 Å². The summed E-state index contributed by atoms with van der Waals surface area (Å²) in [7, 11) is 0. The number of carbonyl (C=O) groups excluding carboxylic acids is 1. The van der Waals surface area contributed by atoms with Crippen molar-refractivity contribution in [2.24, 2.45) is 0 Å². The van der Waals surface area contributed by atoms with E-state index < -0.39 is 11.4 Å². The summed E-state index contributed by atoms with van der Waals surface area (Å²) < 4.78 is 23.5. The zero-order valence-electron chi connectivity index (χ0n) is 8.80. The molecule has 1 aromatic rings. The molecule has 1 amide bonds. The molecule has 1 rings (SSSR count). The minimum atomic E-state index is -2.27. The molecule has 0 heterocycles. The van der Waals surface area contributed by atoms with Crippen molar-refractivity contribution >= 4 is 17.3 Å². The molecule has 0 saturated heterocycles. The molecule has 0 saturated carbocycles. The number of nitrogens with one attached hydrogen (secondary N) is 1. The van der Waals surface area contributed by atoms with Crippen molar-refractivity contribution in [3.63, 3.8) is 0 Å². The summed E-state index contributed by atoms with van der Waals surface area (Å²) in [5.74, 6) is -0.124. The second kappa shape index (κ2) is 6.37. The van der Waals surface area contributed by atoms with Crippen LogP contribution in [0.15, 0.2) is 24.3 Å². The summed E-state index contributed by atoms with van der Waals surface area (Å²) in [5.41, 5.74) is 1.64. The normalized spacial score (nSPS) is 12.1. The molecular formula is C10H13NO4S. The summed E-state index contributed by atoms with van der Waals surface area (Å²) in [5, 5.41) is 2.66. The highest BCUT2D eigenvalue weighted by Crippen LogP contribution is 2.10. The Morgan fingerprint density at radius 3 is 2.62 bits per heavy atom. The van der Waals surface area contributed by atoms with Gasteiger partial charge in [0.25, 0.3) is 0 Å². The van der Waals surface area contributed by atoms with Crippen LogP contribution in [0.5, 0.6) is 0 Å². The first-order valence-electron chi connectivity index (χ1n) is 4.65. The molecule has 0 aliphatic carbocycles. The van der Waals surface area contributed by atoms with Crippen LogP contribution >= 0.6 is 0 Å². The van der Waals surface area contributed by atoms with Gasteiger partial charge in [-0.15, -0.1) is 0 Å². The summed E-state index contributed by atoms with van der Waals surface area (Å²) in [4.78, 5) is 10.8. The molecular weight excluding hydrogens is 230 g/mol. The maximum Gasteiger partial charge on any atom is 0.302 e. The van der Waals surface area contributed by atoms with Gasteiger partial charge in [-0.3, -0.25) is 13.5 Å². The van der Waals surface area contributed by atoms with Crippen molar-refractivity contribution in [2.75, 3.05) is 0 Å². The maximum absolute atomic E-state index is 10.8. The third-order valence-corrected chi connectivity index (χ3v) is 2.28. The van der Waals surface area contributed by atoms with Gasteiger partial charge >= 0.3 is 11.4 Å². The van der Waals surface area contributed by atoms with Crippen LogP contribution in [-0.2, 0) is 33.5 Å². The van der Waals surface area contributed by atoms with Crippen LogP contribution in [0, 0.1) is 0 Å². The fraction of sp³-hybridized carbons (Fsp3) is 0.300. The second-order valence-electron chi connectivity index (χ2n) is 3.16. The van der Waals surface area contributed by atoms with Gasteiger partial charge in [0.05, 0.1) is 6.61 Å². The summed E-state index contributed by atoms with van der Waals surface area (Å²) in [6.45, 7) is 1.85. The number of amides is 1. The fourth-order valence-corrected chi connectivity index (χ4v) is 1.43. The maximum atomic E-state index is 10.8. The molecule has 0 aromatic heterocycles. The Morgan fingerprint density at radius 1 is 1.44 bits per heavy atom. The van der Waals surface area contributed by atoms with E-state index >= 15 is 0 Å². The topological polar surface area (TPSA) is 75.6 Å². The Kier molecular flexibility index (Phi) is 5.10. The molecule has 1 atom stereocenters. The zero-order chi connectivity index (χ0) is 12.0. The molecule has 0 spiro atoms. The molecule has 6 heteroatoms. The molecule has 88 valence electrons. The van der Waals surface area contributed by atoms with Crippen molar-refractivity contribution in [2.45, 2.75) is 20.1 Å². The lowest BCUT2D eigenvalue weighted by atomic mass is 10.1. The first-order chi connectivity index (χ1) is 7.59. The minimum absolute atomic E-state index is 0.0405. The van der Waals surface area contributed by atoms with Gasteiger partial charge in [-0.2, -0.15) is 4.21 Å². The Balaban J connectivity index is 2.67. The van der Waals surface area contributed by atoms with E-state index in [4.69, 9.17) is 4.55 Å². The van der Waals surface area contributed by atoms with E-state index in [1.54, 1.807) is 12.1 Å². The SMILES string of the molecule is CC(=O)NCc1ccccc1COS(=O)O. The highest BCUT2D eigenvalue weighted by molar-refractivity contribution is 7.74. The third kappa shape index (κ3) is 4.52. The largest absolute Gasteiger partial charge is 0.352 e. The van der Waals surface area contributed by atoms with Crippen molar-refractivity contribution in [1.29, 1.82) is 0 Å². The molecule has 2 N–H and O–H groups in total. The molecule has 1 unspecified atom stereocenters. The van der Waals surface area contributed by atoms with E-state index in [2.05, 4.69) is 9.50 Å². The van der Waals surface area contributed by atoms with Crippen LogP contribution in [0.1, 0.15) is 18.1 Å². The smallest absolute Gasteiger partial charge is 0.302 e. The first kappa shape index (κ1) is 12.8. The van der Waals surface area contributed by atoms with E-state index in [1.807, 2.05) is 12.1 Å². The number of rotatable bonds is 5. The van der Waals surface area contributed by atoms with E-state index in [-0.39, 0.29) is 12.5 Å². The van der Waals surface area contributed by atoms with E-state index in [9.17, 15) is 9.00 Å². The highest BCUT2D eigenvalue weighted by Gasteiger charge is 2.04. The Labute approximate surface area is 96.3 Å². The monoisotopic (exact) mass is 243 g/mol. The molecule has 0 aliphatic rings. The molecule has 5 nitrogen and oxygen atoms in total. The summed E-state index contributed by atoms with van der Waals surface area (Å²) in [6, 6.07) is 7.24. The lowest BCUT2D eigenvalue weighted by Crippen LogP contribution is -2.19. The van der Waals surface area contributed by atoms with Crippen molar-refractivity contribution in [3.05, 3.63) is 35.4 Å². The third-order valence-electron chi connectivity index (χ3n) is 1.96. The lowest BCUT2D eigenvalue weighted by Gasteiger charge is -2.08. The molecule has 0 fully saturated rings. The quantitative estimate of drug-likeness (QED) is 0.756. The average Bonchev–Trinajstić information content (AvgIpc) is 2.24. The average molecular weight is 243 g/mol. The standard InChI is InChI=1S/C10H13NO4S/c1-8(12)11-6-9-4-2-3-5-10(9)7-15-16(13)14/h2-5H,6-7H2,1H3,(H,11,12)(H,13,14). The highest BCUT2D eigenvalue weighted by atomic mass is 32.2. The molecule has 16 heavy (non-hydrogen) atoms. The van der Waals surface area contributed by atoms with E-state index in [0.717, 1.165) is 11.1 Å². The van der Waals surface area contributed by atoms with Crippen molar-refractivity contribution in [1.82, 2.24) is 5.32 Å². The predicted molar refractivity (Wildman–Crippen MR) is 59.5 cm³/mol. The van der Waals surface area contributed by atoms with Gasteiger partial charge in [-0.1, -0.05) is 24.3 Å². The molecule has 0 radical (unpaired) electrons. The molecule has 0 aliphatic heterocycles. The summed E-state index contributed by atoms with van der Waals surface area (Å²) in [6.07, 6.45) is 0. The zero-order valence-corrected chi connectivity index (χ0v) is 9.62. The summed E-state index contributed by atoms with van der Waals surface area (Å²) >= 11 is -2.27. The molecule has 1 aromatic carbocycles. The number of benzene rings is 1. The van der Waals surface area contributed by atoms with Gasteiger partial charge in [0, 0.05) is 13.5 Å². The predicted octanol–water partition coefficient (Wildman–Crippen LogP) is 0.976. The van der Waals surface area contributed by atoms with Gasteiger partial charge in [-0.05, 0) is 11.1 Å². The molecule has 0 bridgehead atoms. The van der Waals surface area contributed by atoms with Crippen LogP contribution in [0.25, 0.3) is 0 Å². The number of hydrogen-bond donors (Lipinski definition) is 2. The van der Waals surface area contributed by atoms with Gasteiger partial charge in [-0.25, -0.2) is 0 Å².